The molecule has 7 heteroatoms. The smallest absolute Gasteiger partial charge is 0.307 e. The summed E-state index contributed by atoms with van der Waals surface area (Å²) in [6, 6.07) is 1.67. The van der Waals surface area contributed by atoms with Crippen molar-refractivity contribution in [2.24, 2.45) is 5.41 Å². The lowest BCUT2D eigenvalue weighted by Gasteiger charge is -2.29. The van der Waals surface area contributed by atoms with Gasteiger partial charge in [0, 0.05) is 12.2 Å². The van der Waals surface area contributed by atoms with Gasteiger partial charge in [-0.1, -0.05) is 19.9 Å². The summed E-state index contributed by atoms with van der Waals surface area (Å²) >= 11 is 0. The standard InChI is InChI=1S/C22H33N3O3S/c1-22(2,14-25-11-3-4-12-25)15-29(27,28)24-21(26)23-20-18-9-5-7-16(18)13-17-8-6-10-19(17)20/h13H,3-12,14-15H2,1-2H3,(H2,23,24,26). The maximum Gasteiger partial charge on any atom is 0.332 e. The Bertz CT molecular complexity index is 870. The van der Waals surface area contributed by atoms with Crippen molar-refractivity contribution in [1.29, 1.82) is 0 Å². The van der Waals surface area contributed by atoms with Gasteiger partial charge in [0.05, 0.1) is 5.75 Å². The van der Waals surface area contributed by atoms with Gasteiger partial charge in [0.25, 0.3) is 0 Å². The summed E-state index contributed by atoms with van der Waals surface area (Å²) < 4.78 is 27.7. The highest BCUT2D eigenvalue weighted by atomic mass is 32.2. The molecule has 2 aliphatic carbocycles. The van der Waals surface area contributed by atoms with Crippen LogP contribution in [0.25, 0.3) is 0 Å². The molecule has 0 radical (unpaired) electrons. The van der Waals surface area contributed by atoms with Crippen LogP contribution in [0.2, 0.25) is 0 Å². The summed E-state index contributed by atoms with van der Waals surface area (Å²) in [5.41, 5.74) is 5.49. The molecule has 1 aromatic carbocycles. The summed E-state index contributed by atoms with van der Waals surface area (Å²) in [5.74, 6) is -0.0606. The number of rotatable bonds is 6. The number of sulfonamides is 1. The predicted octanol–water partition coefficient (Wildman–Crippen LogP) is 3.24. The van der Waals surface area contributed by atoms with E-state index < -0.39 is 21.5 Å². The summed E-state index contributed by atoms with van der Waals surface area (Å²) in [5, 5.41) is 2.92. The lowest BCUT2D eigenvalue weighted by atomic mass is 9.96. The molecule has 29 heavy (non-hydrogen) atoms. The molecule has 3 aliphatic rings. The first-order valence-corrected chi connectivity index (χ1v) is 12.6. The minimum atomic E-state index is -3.72. The second-order valence-electron chi connectivity index (χ2n) is 9.70. The van der Waals surface area contributed by atoms with E-state index in [0.29, 0.717) is 0 Å². The highest BCUT2D eigenvalue weighted by Gasteiger charge is 2.31. The SMILES string of the molecule is CC(C)(CN1CCCC1)CS(=O)(=O)NC(=O)Nc1c2c(cc3c1CCC3)CCC2. The number of urea groups is 1. The van der Waals surface area contributed by atoms with E-state index in [-0.39, 0.29) is 5.75 Å². The minimum Gasteiger partial charge on any atom is -0.307 e. The zero-order chi connectivity index (χ0) is 20.6. The minimum absolute atomic E-state index is 0.0606. The number of amides is 2. The molecule has 0 bridgehead atoms. The second kappa shape index (κ2) is 7.91. The number of carbonyl (C=O) groups excluding carboxylic acids is 1. The molecular weight excluding hydrogens is 386 g/mol. The van der Waals surface area contributed by atoms with Crippen molar-refractivity contribution in [2.75, 3.05) is 30.7 Å². The molecule has 1 fully saturated rings. The van der Waals surface area contributed by atoms with E-state index in [1.165, 1.54) is 35.1 Å². The second-order valence-corrected chi connectivity index (χ2v) is 11.4. The van der Waals surface area contributed by atoms with Crippen LogP contribution in [0.4, 0.5) is 10.5 Å². The van der Waals surface area contributed by atoms with Crippen molar-refractivity contribution in [3.63, 3.8) is 0 Å². The van der Waals surface area contributed by atoms with Gasteiger partial charge < -0.3 is 10.2 Å². The van der Waals surface area contributed by atoms with Crippen LogP contribution < -0.4 is 10.0 Å². The fourth-order valence-electron chi connectivity index (χ4n) is 5.39. The van der Waals surface area contributed by atoms with Crippen LogP contribution in [0.15, 0.2) is 6.07 Å². The summed E-state index contributed by atoms with van der Waals surface area (Å²) in [6.07, 6.45) is 8.53. The number of anilines is 1. The number of hydrogen-bond donors (Lipinski definition) is 2. The van der Waals surface area contributed by atoms with Gasteiger partial charge in [-0.25, -0.2) is 17.9 Å². The highest BCUT2D eigenvalue weighted by Crippen LogP contribution is 2.38. The average molecular weight is 420 g/mol. The number of carbonyl (C=O) groups is 1. The average Bonchev–Trinajstić information content (AvgIpc) is 3.32. The van der Waals surface area contributed by atoms with Crippen LogP contribution in [0, 0.1) is 5.41 Å². The number of nitrogens with zero attached hydrogens (tertiary/aromatic N) is 1. The number of hydrogen-bond acceptors (Lipinski definition) is 4. The molecular formula is C22H33N3O3S. The third kappa shape index (κ3) is 4.77. The lowest BCUT2D eigenvalue weighted by molar-refractivity contribution is 0.228. The molecule has 2 amide bonds. The van der Waals surface area contributed by atoms with Gasteiger partial charge in [-0.05, 0) is 92.1 Å². The van der Waals surface area contributed by atoms with Gasteiger partial charge in [-0.15, -0.1) is 0 Å². The van der Waals surface area contributed by atoms with Gasteiger partial charge in [-0.2, -0.15) is 0 Å². The van der Waals surface area contributed by atoms with E-state index in [2.05, 4.69) is 21.0 Å². The maximum absolute atomic E-state index is 12.7. The Labute approximate surface area is 174 Å². The van der Waals surface area contributed by atoms with E-state index >= 15 is 0 Å². The van der Waals surface area contributed by atoms with E-state index in [0.717, 1.165) is 63.8 Å². The molecule has 1 aliphatic heterocycles. The Morgan fingerprint density at radius 3 is 2.17 bits per heavy atom. The first kappa shape index (κ1) is 20.7. The van der Waals surface area contributed by atoms with Crippen molar-refractivity contribution in [2.45, 2.75) is 65.2 Å². The van der Waals surface area contributed by atoms with Crippen LogP contribution >= 0.6 is 0 Å². The fraction of sp³-hybridized carbons (Fsp3) is 0.682. The van der Waals surface area contributed by atoms with Crippen LogP contribution in [-0.4, -0.2) is 44.7 Å². The predicted molar refractivity (Wildman–Crippen MR) is 116 cm³/mol. The van der Waals surface area contributed by atoms with Crippen LogP contribution in [0.3, 0.4) is 0 Å². The molecule has 0 aromatic heterocycles. The van der Waals surface area contributed by atoms with E-state index in [1.807, 2.05) is 13.8 Å². The molecule has 1 heterocycles. The summed E-state index contributed by atoms with van der Waals surface area (Å²) in [7, 11) is -3.72. The molecule has 0 unspecified atom stereocenters. The first-order valence-electron chi connectivity index (χ1n) is 10.9. The zero-order valence-corrected chi connectivity index (χ0v) is 18.5. The quantitative estimate of drug-likeness (QED) is 0.742. The normalized spacial score (nSPS) is 19.2. The van der Waals surface area contributed by atoms with E-state index in [1.54, 1.807) is 0 Å². The first-order chi connectivity index (χ1) is 13.7. The van der Waals surface area contributed by atoms with Crippen molar-refractivity contribution >= 4 is 21.7 Å². The molecule has 160 valence electrons. The molecule has 0 saturated carbocycles. The number of benzene rings is 1. The Hall–Kier alpha value is -1.60. The van der Waals surface area contributed by atoms with Gasteiger partial charge in [0.2, 0.25) is 10.0 Å². The lowest BCUT2D eigenvalue weighted by Crippen LogP contribution is -2.43. The Morgan fingerprint density at radius 2 is 1.59 bits per heavy atom. The molecule has 0 spiro atoms. The van der Waals surface area contributed by atoms with Crippen LogP contribution in [-0.2, 0) is 35.7 Å². The third-order valence-electron chi connectivity index (χ3n) is 6.39. The topological polar surface area (TPSA) is 78.5 Å². The summed E-state index contributed by atoms with van der Waals surface area (Å²) in [4.78, 5) is 15.0. The molecule has 0 atom stereocenters. The zero-order valence-electron chi connectivity index (χ0n) is 17.6. The van der Waals surface area contributed by atoms with E-state index in [4.69, 9.17) is 0 Å². The van der Waals surface area contributed by atoms with Crippen molar-refractivity contribution in [3.8, 4) is 0 Å². The number of likely N-dealkylation sites (tertiary alicyclic amines) is 1. The summed E-state index contributed by atoms with van der Waals surface area (Å²) in [6.45, 7) is 6.71. The Balaban J connectivity index is 1.43. The maximum atomic E-state index is 12.7. The van der Waals surface area contributed by atoms with E-state index in [9.17, 15) is 13.2 Å². The van der Waals surface area contributed by atoms with Crippen molar-refractivity contribution < 1.29 is 13.2 Å². The molecule has 1 saturated heterocycles. The fourth-order valence-corrected chi connectivity index (χ4v) is 6.92. The van der Waals surface area contributed by atoms with Crippen LogP contribution in [0.5, 0.6) is 0 Å². The van der Waals surface area contributed by atoms with Gasteiger partial charge in [0.1, 0.15) is 0 Å². The van der Waals surface area contributed by atoms with Crippen molar-refractivity contribution in [1.82, 2.24) is 9.62 Å². The van der Waals surface area contributed by atoms with Gasteiger partial charge >= 0.3 is 6.03 Å². The van der Waals surface area contributed by atoms with Crippen molar-refractivity contribution in [3.05, 3.63) is 28.3 Å². The Kier molecular flexibility index (Phi) is 5.64. The molecule has 4 rings (SSSR count). The monoisotopic (exact) mass is 419 g/mol. The Morgan fingerprint density at radius 1 is 1.00 bits per heavy atom. The molecule has 6 nitrogen and oxygen atoms in total. The number of aryl methyl sites for hydroxylation is 2. The third-order valence-corrected chi connectivity index (χ3v) is 8.05. The number of fused-ring (bicyclic) bond motifs is 2. The molecule has 2 N–H and O–H groups in total. The van der Waals surface area contributed by atoms with Gasteiger partial charge in [0.15, 0.2) is 0 Å². The highest BCUT2D eigenvalue weighted by molar-refractivity contribution is 7.90. The molecule has 1 aromatic rings. The largest absolute Gasteiger partial charge is 0.332 e. The van der Waals surface area contributed by atoms with Gasteiger partial charge in [-0.3, -0.25) is 0 Å². The number of nitrogens with one attached hydrogen (secondary N) is 2. The van der Waals surface area contributed by atoms with Crippen LogP contribution in [0.1, 0.15) is 61.8 Å².